The molecule has 0 saturated heterocycles. The number of carboxylic acid groups (broad SMARTS) is 1. The van der Waals surface area contributed by atoms with Crippen LogP contribution in [0, 0.1) is 0 Å². The lowest BCUT2D eigenvalue weighted by molar-refractivity contribution is -0.0635. The highest BCUT2D eigenvalue weighted by atomic mass is 16.8. The summed E-state index contributed by atoms with van der Waals surface area (Å²) in [7, 11) is 0. The van der Waals surface area contributed by atoms with Crippen LogP contribution in [0.15, 0.2) is 24.3 Å². The molecule has 0 aliphatic carbocycles. The summed E-state index contributed by atoms with van der Waals surface area (Å²) in [5, 5.41) is 19.3. The molecule has 1 aliphatic rings. The van der Waals surface area contributed by atoms with Crippen LogP contribution in [-0.2, 0) is 17.6 Å². The molecule has 0 aromatic heterocycles. The van der Waals surface area contributed by atoms with Crippen LogP contribution >= 0.6 is 0 Å². The minimum atomic E-state index is -1.40. The van der Waals surface area contributed by atoms with E-state index in [1.807, 2.05) is 6.92 Å². The van der Waals surface area contributed by atoms with Crippen molar-refractivity contribution in [3.63, 3.8) is 0 Å². The minimum Gasteiger partial charge on any atom is -0.507 e. The predicted molar refractivity (Wildman–Crippen MR) is 135 cm³/mol. The number of rotatable bonds is 13. The number of hydrogen-bond donors (Lipinski definition) is 2. The van der Waals surface area contributed by atoms with E-state index < -0.39 is 12.4 Å². The highest BCUT2D eigenvalue weighted by Crippen LogP contribution is 2.35. The molecular weight excluding hydrogens is 480 g/mol. The topological polar surface area (TPSA) is 129 Å². The third-order valence-corrected chi connectivity index (χ3v) is 6.10. The van der Waals surface area contributed by atoms with Crippen molar-refractivity contribution in [3.05, 3.63) is 46.5 Å². The molecule has 200 valence electrons. The van der Waals surface area contributed by atoms with Gasteiger partial charge in [0.1, 0.15) is 23.0 Å². The quantitative estimate of drug-likeness (QED) is 0.196. The van der Waals surface area contributed by atoms with Crippen LogP contribution in [0.2, 0.25) is 0 Å². The van der Waals surface area contributed by atoms with Crippen LogP contribution in [0.3, 0.4) is 0 Å². The first-order valence-electron chi connectivity index (χ1n) is 12.6. The van der Waals surface area contributed by atoms with Crippen molar-refractivity contribution in [1.29, 1.82) is 0 Å². The van der Waals surface area contributed by atoms with Gasteiger partial charge >= 0.3 is 6.16 Å². The third-order valence-electron chi connectivity index (χ3n) is 6.10. The molecule has 2 aromatic rings. The molecule has 37 heavy (non-hydrogen) atoms. The Labute approximate surface area is 216 Å². The van der Waals surface area contributed by atoms with E-state index in [0.717, 1.165) is 31.2 Å². The van der Waals surface area contributed by atoms with E-state index in [-0.39, 0.29) is 17.3 Å². The summed E-state index contributed by atoms with van der Waals surface area (Å²) in [5.41, 5.74) is 2.22. The zero-order valence-corrected chi connectivity index (χ0v) is 21.5. The molecule has 0 fully saturated rings. The number of ether oxygens (including phenoxy) is 4. The maximum Gasteiger partial charge on any atom is 0.508 e. The second-order valence-corrected chi connectivity index (χ2v) is 8.98. The minimum absolute atomic E-state index is 0.00334. The van der Waals surface area contributed by atoms with Crippen molar-refractivity contribution in [3.8, 4) is 23.0 Å². The summed E-state index contributed by atoms with van der Waals surface area (Å²) in [6.07, 6.45) is 2.33. The normalized spacial score (nSPS) is 14.3. The number of fused-ring (bicyclic) bond motifs is 1. The van der Waals surface area contributed by atoms with E-state index >= 15 is 0 Å². The molecule has 2 aromatic carbocycles. The largest absolute Gasteiger partial charge is 0.508 e. The van der Waals surface area contributed by atoms with Gasteiger partial charge in [0.2, 0.25) is 6.29 Å². The lowest BCUT2D eigenvalue weighted by atomic mass is 10.00. The number of aromatic hydroxyl groups is 1. The molecular formula is C28H34O9. The van der Waals surface area contributed by atoms with Crippen LogP contribution in [0.1, 0.15) is 84.7 Å². The summed E-state index contributed by atoms with van der Waals surface area (Å²) in [5.74, 6) is 1.11. The molecule has 0 bridgehead atoms. The Bertz CT molecular complexity index is 1140. The summed E-state index contributed by atoms with van der Waals surface area (Å²) in [6.45, 7) is 5.72. The van der Waals surface area contributed by atoms with Gasteiger partial charge in [-0.1, -0.05) is 13.3 Å². The fourth-order valence-electron chi connectivity index (χ4n) is 4.25. The van der Waals surface area contributed by atoms with Gasteiger partial charge in [-0.25, -0.2) is 4.79 Å². The van der Waals surface area contributed by atoms with Crippen molar-refractivity contribution in [1.82, 2.24) is 0 Å². The molecule has 1 aliphatic heterocycles. The van der Waals surface area contributed by atoms with Gasteiger partial charge in [-0.2, -0.15) is 0 Å². The molecule has 0 radical (unpaired) electrons. The van der Waals surface area contributed by atoms with E-state index in [1.165, 1.54) is 13.8 Å². The number of unbranched alkanes of at least 4 members (excludes halogenated alkanes) is 2. The van der Waals surface area contributed by atoms with E-state index in [9.17, 15) is 19.5 Å². The number of hydrogen-bond acceptors (Lipinski definition) is 8. The first-order valence-corrected chi connectivity index (χ1v) is 12.6. The lowest BCUT2D eigenvalue weighted by Crippen LogP contribution is -2.28. The molecule has 0 spiro atoms. The van der Waals surface area contributed by atoms with Crippen molar-refractivity contribution < 1.29 is 43.5 Å². The van der Waals surface area contributed by atoms with Gasteiger partial charge in [0.15, 0.2) is 11.6 Å². The number of phenols is 1. The first kappa shape index (κ1) is 27.8. The second-order valence-electron chi connectivity index (χ2n) is 8.98. The number of phenolic OH excluding ortho intramolecular Hbond substituents is 1. The van der Waals surface area contributed by atoms with Gasteiger partial charge in [-0.05, 0) is 69.7 Å². The van der Waals surface area contributed by atoms with Crippen molar-refractivity contribution >= 4 is 17.7 Å². The second kappa shape index (κ2) is 13.0. The number of ketones is 2. The van der Waals surface area contributed by atoms with Gasteiger partial charge < -0.3 is 29.2 Å². The Morgan fingerprint density at radius 3 is 2.27 bits per heavy atom. The number of benzene rings is 2. The molecule has 2 N–H and O–H groups in total. The first-order chi connectivity index (χ1) is 17.7. The average Bonchev–Trinajstić information content (AvgIpc) is 2.84. The zero-order valence-electron chi connectivity index (χ0n) is 21.5. The molecule has 0 amide bonds. The maximum absolute atomic E-state index is 12.2. The van der Waals surface area contributed by atoms with Crippen LogP contribution in [0.5, 0.6) is 23.0 Å². The molecule has 1 heterocycles. The summed E-state index contributed by atoms with van der Waals surface area (Å²) < 4.78 is 22.1. The van der Waals surface area contributed by atoms with Crippen molar-refractivity contribution in [2.24, 2.45) is 0 Å². The standard InChI is InChI=1S/C28H34O9/c1-4-8-21-23(11-10-20(17(2)29)27(21)31)34-13-6-5-7-14-35-25-16-24-19(15-22(25)18(3)30)9-12-26(36-24)37-28(32)33/h10-11,15-16,26,31H,4-9,12-14H2,1-3H3,(H,32,33)/t26-/m1/s1. The molecule has 0 unspecified atom stereocenters. The Kier molecular flexibility index (Phi) is 9.77. The fraction of sp³-hybridized carbons (Fsp3) is 0.464. The van der Waals surface area contributed by atoms with Gasteiger partial charge in [0, 0.05) is 18.1 Å². The van der Waals surface area contributed by atoms with Gasteiger partial charge in [-0.15, -0.1) is 0 Å². The van der Waals surface area contributed by atoms with E-state index in [1.54, 1.807) is 24.3 Å². The Hall–Kier alpha value is -3.75. The van der Waals surface area contributed by atoms with E-state index in [0.29, 0.717) is 66.4 Å². The molecule has 3 rings (SSSR count). The number of carbonyl (C=O) groups is 3. The van der Waals surface area contributed by atoms with Gasteiger partial charge in [-0.3, -0.25) is 9.59 Å². The highest BCUT2D eigenvalue weighted by Gasteiger charge is 2.25. The molecule has 0 saturated carbocycles. The third kappa shape index (κ3) is 7.38. The SMILES string of the molecule is CCCc1c(OCCCCCOc2cc3c(cc2C(C)=O)CC[C@@H](OC(=O)O)O3)ccc(C(C)=O)c1O. The Balaban J connectivity index is 1.51. The predicted octanol–water partition coefficient (Wildman–Crippen LogP) is 5.72. The number of aryl methyl sites for hydroxylation is 1. The van der Waals surface area contributed by atoms with Gasteiger partial charge in [0.25, 0.3) is 0 Å². The van der Waals surface area contributed by atoms with Crippen LogP contribution in [-0.4, -0.2) is 47.4 Å². The Morgan fingerprint density at radius 2 is 1.65 bits per heavy atom. The summed E-state index contributed by atoms with van der Waals surface area (Å²) >= 11 is 0. The summed E-state index contributed by atoms with van der Waals surface area (Å²) in [4.78, 5) is 34.7. The molecule has 1 atom stereocenters. The van der Waals surface area contributed by atoms with Crippen LogP contribution in [0.4, 0.5) is 4.79 Å². The molecule has 9 nitrogen and oxygen atoms in total. The van der Waals surface area contributed by atoms with Crippen molar-refractivity contribution in [2.75, 3.05) is 13.2 Å². The Morgan fingerprint density at radius 1 is 0.973 bits per heavy atom. The van der Waals surface area contributed by atoms with Crippen LogP contribution < -0.4 is 14.2 Å². The molecule has 9 heteroatoms. The van der Waals surface area contributed by atoms with E-state index in [4.69, 9.17) is 24.1 Å². The maximum atomic E-state index is 12.2. The van der Waals surface area contributed by atoms with Gasteiger partial charge in [0.05, 0.1) is 24.3 Å². The smallest absolute Gasteiger partial charge is 0.507 e. The average molecular weight is 515 g/mol. The number of carbonyl (C=O) groups excluding carboxylic acids is 2. The van der Waals surface area contributed by atoms with E-state index in [2.05, 4.69) is 0 Å². The highest BCUT2D eigenvalue weighted by molar-refractivity contribution is 5.98. The van der Waals surface area contributed by atoms with Crippen molar-refractivity contribution in [2.45, 2.75) is 72.0 Å². The van der Waals surface area contributed by atoms with Crippen LogP contribution in [0.25, 0.3) is 0 Å². The monoisotopic (exact) mass is 514 g/mol. The number of Topliss-reactive ketones (excluding diaryl/α,β-unsaturated/α-hetero) is 2. The zero-order chi connectivity index (χ0) is 26.9. The fourth-order valence-corrected chi connectivity index (χ4v) is 4.25. The lowest BCUT2D eigenvalue weighted by Gasteiger charge is -2.26. The summed E-state index contributed by atoms with van der Waals surface area (Å²) in [6, 6.07) is 6.68.